The Morgan fingerprint density at radius 3 is 2.48 bits per heavy atom. The van der Waals surface area contributed by atoms with E-state index >= 15 is 0 Å². The van der Waals surface area contributed by atoms with Crippen LogP contribution in [-0.2, 0) is 0 Å². The molecule has 0 radical (unpaired) electrons. The molecule has 0 fully saturated rings. The van der Waals surface area contributed by atoms with E-state index < -0.39 is 4.92 Å². The number of rotatable bonds is 11. The van der Waals surface area contributed by atoms with Gasteiger partial charge in [-0.25, -0.2) is 0 Å². The topological polar surface area (TPSA) is 55.6 Å². The van der Waals surface area contributed by atoms with Gasteiger partial charge in [0, 0.05) is 30.9 Å². The van der Waals surface area contributed by atoms with Crippen LogP contribution in [0, 0.1) is 10.1 Å². The van der Waals surface area contributed by atoms with E-state index in [0.717, 1.165) is 32.5 Å². The number of halogens is 2. The van der Waals surface area contributed by atoms with Crippen molar-refractivity contribution in [3.05, 3.63) is 34.4 Å². The molecule has 5 nitrogen and oxygen atoms in total. The molecule has 0 unspecified atom stereocenters. The van der Waals surface area contributed by atoms with Gasteiger partial charge in [0.25, 0.3) is 5.69 Å². The molecule has 21 heavy (non-hydrogen) atoms. The highest BCUT2D eigenvalue weighted by Gasteiger charge is 2.06. The zero-order chi connectivity index (χ0) is 15.5. The third kappa shape index (κ3) is 7.50. The number of nitrogens with zero attached hydrogens (tertiary/aromatic N) is 2. The number of non-ortho nitro benzene ring substituents is 1. The van der Waals surface area contributed by atoms with Gasteiger partial charge < -0.3 is 9.64 Å². The summed E-state index contributed by atoms with van der Waals surface area (Å²) in [4.78, 5) is 12.4. The Bertz CT molecular complexity index is 426. The van der Waals surface area contributed by atoms with Gasteiger partial charge in [0.1, 0.15) is 5.75 Å². The first kappa shape index (κ1) is 18.0. The lowest BCUT2D eigenvalue weighted by molar-refractivity contribution is -0.384. The second-order valence-corrected chi connectivity index (χ2v) is 5.29. The number of hydrogen-bond donors (Lipinski definition) is 0. The summed E-state index contributed by atoms with van der Waals surface area (Å²) in [7, 11) is 0. The molecule has 0 aromatic heterocycles. The van der Waals surface area contributed by atoms with Crippen LogP contribution >= 0.6 is 23.2 Å². The Hall–Kier alpha value is -1.04. The summed E-state index contributed by atoms with van der Waals surface area (Å²) in [6.45, 7) is 3.13. The van der Waals surface area contributed by atoms with Crippen LogP contribution in [0.2, 0.25) is 0 Å². The normalized spacial score (nSPS) is 10.8. The molecule has 0 amide bonds. The van der Waals surface area contributed by atoms with Crippen molar-refractivity contribution < 1.29 is 9.66 Å². The molecule has 0 saturated carbocycles. The average molecular weight is 335 g/mol. The minimum atomic E-state index is -0.428. The highest BCUT2D eigenvalue weighted by atomic mass is 35.5. The van der Waals surface area contributed by atoms with Gasteiger partial charge in [-0.1, -0.05) is 6.07 Å². The Labute approximate surface area is 134 Å². The third-order valence-electron chi connectivity index (χ3n) is 2.97. The maximum Gasteiger partial charge on any atom is 0.273 e. The molecule has 0 aliphatic heterocycles. The summed E-state index contributed by atoms with van der Waals surface area (Å²) in [5.74, 6) is 1.73. The van der Waals surface area contributed by atoms with Crippen LogP contribution in [0.5, 0.6) is 5.75 Å². The third-order valence-corrected chi connectivity index (χ3v) is 3.31. The molecule has 0 spiro atoms. The largest absolute Gasteiger partial charge is 0.493 e. The zero-order valence-corrected chi connectivity index (χ0v) is 13.4. The van der Waals surface area contributed by atoms with Gasteiger partial charge >= 0.3 is 0 Å². The number of ether oxygens (including phenoxy) is 1. The summed E-state index contributed by atoms with van der Waals surface area (Å²) < 4.78 is 5.52. The predicted octanol–water partition coefficient (Wildman–Crippen LogP) is 3.53. The van der Waals surface area contributed by atoms with Crippen LogP contribution in [0.1, 0.15) is 12.8 Å². The molecule has 118 valence electrons. The van der Waals surface area contributed by atoms with Gasteiger partial charge in [0.2, 0.25) is 0 Å². The van der Waals surface area contributed by atoms with Crippen molar-refractivity contribution in [1.82, 2.24) is 4.90 Å². The van der Waals surface area contributed by atoms with Gasteiger partial charge in [-0.05, 0) is 25.5 Å². The van der Waals surface area contributed by atoms with Crippen molar-refractivity contribution in [2.45, 2.75) is 12.8 Å². The minimum absolute atomic E-state index is 0.0444. The van der Waals surface area contributed by atoms with E-state index in [2.05, 4.69) is 4.90 Å². The molecule has 1 rings (SSSR count). The quantitative estimate of drug-likeness (QED) is 0.269. The minimum Gasteiger partial charge on any atom is -0.493 e. The van der Waals surface area contributed by atoms with Crippen molar-refractivity contribution in [3.8, 4) is 5.75 Å². The molecule has 0 aliphatic rings. The standard InChI is InChI=1S/C14H20Cl2N2O3/c15-6-9-17(10-7-16)8-1-2-11-21-14-5-3-4-13(12-14)18(19)20/h3-5,12H,1-2,6-11H2. The number of nitro groups is 1. The fraction of sp³-hybridized carbons (Fsp3) is 0.571. The van der Waals surface area contributed by atoms with Gasteiger partial charge in [-0.15, -0.1) is 23.2 Å². The second kappa shape index (κ2) is 10.7. The van der Waals surface area contributed by atoms with Crippen molar-refractivity contribution in [2.75, 3.05) is 38.0 Å². The van der Waals surface area contributed by atoms with E-state index in [1.165, 1.54) is 12.1 Å². The number of hydrogen-bond acceptors (Lipinski definition) is 4. The molecule has 0 saturated heterocycles. The molecular formula is C14H20Cl2N2O3. The maximum atomic E-state index is 10.7. The van der Waals surface area contributed by atoms with E-state index in [1.54, 1.807) is 12.1 Å². The Kier molecular flexibility index (Phi) is 9.14. The van der Waals surface area contributed by atoms with Gasteiger partial charge in [-0.2, -0.15) is 0 Å². The first-order valence-electron chi connectivity index (χ1n) is 6.89. The molecule has 0 heterocycles. The van der Waals surface area contributed by atoms with Crippen molar-refractivity contribution in [3.63, 3.8) is 0 Å². The fourth-order valence-electron chi connectivity index (χ4n) is 1.89. The highest BCUT2D eigenvalue weighted by molar-refractivity contribution is 6.18. The number of unbranched alkanes of at least 4 members (excludes halogenated alkanes) is 1. The molecule has 0 aliphatic carbocycles. The molecule has 1 aromatic carbocycles. The predicted molar refractivity (Wildman–Crippen MR) is 85.7 cm³/mol. The maximum absolute atomic E-state index is 10.7. The smallest absolute Gasteiger partial charge is 0.273 e. The summed E-state index contributed by atoms with van der Waals surface area (Å²) in [5.41, 5.74) is 0.0444. The van der Waals surface area contributed by atoms with Gasteiger partial charge in [0.05, 0.1) is 17.6 Å². The van der Waals surface area contributed by atoms with E-state index in [9.17, 15) is 10.1 Å². The first-order chi connectivity index (χ1) is 10.2. The molecule has 0 bridgehead atoms. The monoisotopic (exact) mass is 334 g/mol. The fourth-order valence-corrected chi connectivity index (χ4v) is 2.37. The van der Waals surface area contributed by atoms with E-state index in [0.29, 0.717) is 24.1 Å². The lowest BCUT2D eigenvalue weighted by Gasteiger charge is -2.19. The van der Waals surface area contributed by atoms with E-state index in [-0.39, 0.29) is 5.69 Å². The van der Waals surface area contributed by atoms with Crippen LogP contribution in [0.25, 0.3) is 0 Å². The SMILES string of the molecule is O=[N+]([O-])c1cccc(OCCCCN(CCCl)CCCl)c1. The first-order valence-corrected chi connectivity index (χ1v) is 7.96. The Morgan fingerprint density at radius 2 is 1.86 bits per heavy atom. The Morgan fingerprint density at radius 1 is 1.14 bits per heavy atom. The number of benzene rings is 1. The Balaban J connectivity index is 2.24. The molecule has 1 aromatic rings. The zero-order valence-electron chi connectivity index (χ0n) is 11.8. The summed E-state index contributed by atoms with van der Waals surface area (Å²) in [5, 5.41) is 10.7. The number of alkyl halides is 2. The lowest BCUT2D eigenvalue weighted by atomic mass is 10.3. The molecule has 7 heteroatoms. The van der Waals surface area contributed by atoms with E-state index in [4.69, 9.17) is 27.9 Å². The summed E-state index contributed by atoms with van der Waals surface area (Å²) in [6.07, 6.45) is 1.85. The van der Waals surface area contributed by atoms with Crippen LogP contribution < -0.4 is 4.74 Å². The van der Waals surface area contributed by atoms with Crippen LogP contribution in [0.15, 0.2) is 24.3 Å². The summed E-state index contributed by atoms with van der Waals surface area (Å²) >= 11 is 11.5. The van der Waals surface area contributed by atoms with Gasteiger partial charge in [-0.3, -0.25) is 10.1 Å². The molecule has 0 atom stereocenters. The summed E-state index contributed by atoms with van der Waals surface area (Å²) in [6, 6.07) is 6.23. The lowest BCUT2D eigenvalue weighted by Crippen LogP contribution is -2.29. The molecular weight excluding hydrogens is 315 g/mol. The van der Waals surface area contributed by atoms with Crippen LogP contribution in [0.3, 0.4) is 0 Å². The van der Waals surface area contributed by atoms with Crippen LogP contribution in [0.4, 0.5) is 5.69 Å². The molecule has 0 N–H and O–H groups in total. The van der Waals surface area contributed by atoms with Crippen molar-refractivity contribution in [1.29, 1.82) is 0 Å². The average Bonchev–Trinajstić information content (AvgIpc) is 2.47. The second-order valence-electron chi connectivity index (χ2n) is 4.53. The number of nitro benzene ring substituents is 1. The highest BCUT2D eigenvalue weighted by Crippen LogP contribution is 2.19. The van der Waals surface area contributed by atoms with Crippen molar-refractivity contribution >= 4 is 28.9 Å². The van der Waals surface area contributed by atoms with Crippen molar-refractivity contribution in [2.24, 2.45) is 0 Å². The van der Waals surface area contributed by atoms with Gasteiger partial charge in [0.15, 0.2) is 0 Å². The van der Waals surface area contributed by atoms with E-state index in [1.807, 2.05) is 0 Å². The van der Waals surface area contributed by atoms with Crippen LogP contribution in [-0.4, -0.2) is 47.8 Å².